The Morgan fingerprint density at radius 2 is 1.75 bits per heavy atom. The fourth-order valence-electron chi connectivity index (χ4n) is 1.18. The number of unbranched alkanes of at least 4 members (excludes halogenated alkanes) is 4. The maximum absolute atomic E-state index is 2.34. The van der Waals surface area contributed by atoms with E-state index in [4.69, 9.17) is 0 Å². The van der Waals surface area contributed by atoms with Gasteiger partial charge in [-0.2, -0.15) is 0 Å². The predicted molar refractivity (Wildman–Crippen MR) is 57.4 cm³/mol. The summed E-state index contributed by atoms with van der Waals surface area (Å²) in [5.41, 5.74) is 0. The van der Waals surface area contributed by atoms with Crippen LogP contribution in [0.2, 0.25) is 0 Å². The minimum absolute atomic E-state index is 0.817. The minimum atomic E-state index is 0.817. The lowest BCUT2D eigenvalue weighted by molar-refractivity contribution is 0.654. The highest BCUT2D eigenvalue weighted by molar-refractivity contribution is 4.82. The summed E-state index contributed by atoms with van der Waals surface area (Å²) < 4.78 is 0. The third-order valence-corrected chi connectivity index (χ3v) is 2.00. The van der Waals surface area contributed by atoms with Crippen LogP contribution in [0.5, 0.6) is 0 Å². The Kier molecular flexibility index (Phi) is 8.64. The van der Waals surface area contributed by atoms with Gasteiger partial charge in [-0.05, 0) is 25.2 Å². The molecule has 0 unspecified atom stereocenters. The molecule has 0 bridgehead atoms. The topological polar surface area (TPSA) is 0 Å². The van der Waals surface area contributed by atoms with Crippen LogP contribution in [-0.4, -0.2) is 0 Å². The van der Waals surface area contributed by atoms with E-state index < -0.39 is 0 Å². The van der Waals surface area contributed by atoms with Crippen LogP contribution in [0.25, 0.3) is 0 Å². The molecule has 0 atom stereocenters. The molecule has 0 radical (unpaired) electrons. The first-order valence-electron chi connectivity index (χ1n) is 5.42. The van der Waals surface area contributed by atoms with Crippen molar-refractivity contribution < 1.29 is 0 Å². The number of rotatable bonds is 7. The molecule has 0 aliphatic rings. The number of allylic oxidation sites excluding steroid dienone is 2. The van der Waals surface area contributed by atoms with Crippen LogP contribution in [0.1, 0.15) is 59.3 Å². The average molecular weight is 168 g/mol. The van der Waals surface area contributed by atoms with Gasteiger partial charge in [-0.25, -0.2) is 0 Å². The van der Waals surface area contributed by atoms with Crippen LogP contribution in [0.15, 0.2) is 12.2 Å². The zero-order chi connectivity index (χ0) is 9.23. The van der Waals surface area contributed by atoms with Crippen molar-refractivity contribution in [2.24, 2.45) is 5.92 Å². The Labute approximate surface area is 78.1 Å². The Bertz CT molecular complexity index is 101. The predicted octanol–water partition coefficient (Wildman–Crippen LogP) is 4.56. The molecular weight excluding hydrogens is 144 g/mol. The average Bonchev–Trinajstić information content (AvgIpc) is 2.02. The Morgan fingerprint density at radius 3 is 2.33 bits per heavy atom. The molecule has 0 saturated carbocycles. The third kappa shape index (κ3) is 9.74. The molecular formula is C12H24. The van der Waals surface area contributed by atoms with Gasteiger partial charge in [0.15, 0.2) is 0 Å². The number of hydrogen-bond acceptors (Lipinski definition) is 0. The normalized spacial score (nSPS) is 11.7. The third-order valence-electron chi connectivity index (χ3n) is 2.00. The van der Waals surface area contributed by atoms with Crippen molar-refractivity contribution >= 4 is 0 Å². The summed E-state index contributed by atoms with van der Waals surface area (Å²) in [7, 11) is 0. The van der Waals surface area contributed by atoms with Crippen molar-refractivity contribution in [3.8, 4) is 0 Å². The van der Waals surface area contributed by atoms with E-state index in [1.165, 1.54) is 38.5 Å². The van der Waals surface area contributed by atoms with Gasteiger partial charge in [0, 0.05) is 0 Å². The van der Waals surface area contributed by atoms with E-state index in [0.717, 1.165) is 5.92 Å². The van der Waals surface area contributed by atoms with Gasteiger partial charge in [0.2, 0.25) is 0 Å². The van der Waals surface area contributed by atoms with Gasteiger partial charge in [0.1, 0.15) is 0 Å². The molecule has 0 aliphatic heterocycles. The second-order valence-electron chi connectivity index (χ2n) is 3.95. The van der Waals surface area contributed by atoms with E-state index in [-0.39, 0.29) is 0 Å². The summed E-state index contributed by atoms with van der Waals surface area (Å²) in [6.07, 6.45) is 12.7. The summed E-state index contributed by atoms with van der Waals surface area (Å²) >= 11 is 0. The first-order valence-corrected chi connectivity index (χ1v) is 5.42. The first kappa shape index (κ1) is 11.7. The molecule has 0 amide bonds. The Hall–Kier alpha value is -0.260. The molecule has 0 nitrogen and oxygen atoms in total. The van der Waals surface area contributed by atoms with Crippen molar-refractivity contribution in [3.63, 3.8) is 0 Å². The van der Waals surface area contributed by atoms with Gasteiger partial charge < -0.3 is 0 Å². The lowest BCUT2D eigenvalue weighted by Gasteiger charge is -1.97. The van der Waals surface area contributed by atoms with Crippen molar-refractivity contribution in [2.75, 3.05) is 0 Å². The van der Waals surface area contributed by atoms with Crippen LogP contribution in [-0.2, 0) is 0 Å². The SMILES string of the molecule is CCCCCC/C=C\CC(C)C. The van der Waals surface area contributed by atoms with E-state index in [1.54, 1.807) is 0 Å². The lowest BCUT2D eigenvalue weighted by atomic mass is 10.1. The summed E-state index contributed by atoms with van der Waals surface area (Å²) in [6.45, 7) is 6.79. The highest BCUT2D eigenvalue weighted by atomic mass is 13.9. The molecule has 0 aliphatic carbocycles. The number of hydrogen-bond donors (Lipinski definition) is 0. The van der Waals surface area contributed by atoms with Crippen LogP contribution in [0.4, 0.5) is 0 Å². The molecule has 0 aromatic heterocycles. The molecule has 72 valence electrons. The van der Waals surface area contributed by atoms with Crippen molar-refractivity contribution in [1.29, 1.82) is 0 Å². The van der Waals surface area contributed by atoms with E-state index in [2.05, 4.69) is 32.9 Å². The zero-order valence-corrected chi connectivity index (χ0v) is 8.97. The van der Waals surface area contributed by atoms with E-state index >= 15 is 0 Å². The van der Waals surface area contributed by atoms with E-state index in [0.29, 0.717) is 0 Å². The van der Waals surface area contributed by atoms with Gasteiger partial charge >= 0.3 is 0 Å². The smallest absolute Gasteiger partial charge is 0.0327 e. The van der Waals surface area contributed by atoms with Crippen LogP contribution >= 0.6 is 0 Å². The second-order valence-corrected chi connectivity index (χ2v) is 3.95. The minimum Gasteiger partial charge on any atom is -0.0885 e. The Morgan fingerprint density at radius 1 is 1.00 bits per heavy atom. The molecule has 0 aromatic rings. The quantitative estimate of drug-likeness (QED) is 0.386. The summed E-state index contributed by atoms with van der Waals surface area (Å²) in [6, 6.07) is 0. The van der Waals surface area contributed by atoms with Crippen molar-refractivity contribution in [3.05, 3.63) is 12.2 Å². The highest BCUT2D eigenvalue weighted by Crippen LogP contribution is 2.05. The molecule has 0 heteroatoms. The summed E-state index contributed by atoms with van der Waals surface area (Å²) in [4.78, 5) is 0. The largest absolute Gasteiger partial charge is 0.0885 e. The first-order chi connectivity index (χ1) is 5.77. The molecule has 0 fully saturated rings. The van der Waals surface area contributed by atoms with Crippen molar-refractivity contribution in [1.82, 2.24) is 0 Å². The monoisotopic (exact) mass is 168 g/mol. The maximum Gasteiger partial charge on any atom is -0.0327 e. The van der Waals surface area contributed by atoms with Gasteiger partial charge in [-0.3, -0.25) is 0 Å². The van der Waals surface area contributed by atoms with Gasteiger partial charge in [0.25, 0.3) is 0 Å². The molecule has 0 N–H and O–H groups in total. The van der Waals surface area contributed by atoms with Crippen LogP contribution < -0.4 is 0 Å². The maximum atomic E-state index is 2.34. The fourth-order valence-corrected chi connectivity index (χ4v) is 1.18. The summed E-state index contributed by atoms with van der Waals surface area (Å²) in [5, 5.41) is 0. The van der Waals surface area contributed by atoms with Gasteiger partial charge in [-0.15, -0.1) is 0 Å². The molecule has 12 heavy (non-hydrogen) atoms. The van der Waals surface area contributed by atoms with Crippen molar-refractivity contribution in [2.45, 2.75) is 59.3 Å². The van der Waals surface area contributed by atoms with Crippen LogP contribution in [0.3, 0.4) is 0 Å². The van der Waals surface area contributed by atoms with Gasteiger partial charge in [-0.1, -0.05) is 52.2 Å². The van der Waals surface area contributed by atoms with Crippen LogP contribution in [0, 0.1) is 5.92 Å². The standard InChI is InChI=1S/C12H24/c1-4-5-6-7-8-9-10-11-12(2)3/h9-10,12H,4-8,11H2,1-3H3/b10-9-. The highest BCUT2D eigenvalue weighted by Gasteiger charge is 1.87. The van der Waals surface area contributed by atoms with E-state index in [1.807, 2.05) is 0 Å². The molecule has 0 aromatic carbocycles. The summed E-state index contributed by atoms with van der Waals surface area (Å²) in [5.74, 6) is 0.817. The van der Waals surface area contributed by atoms with E-state index in [9.17, 15) is 0 Å². The molecule has 0 rings (SSSR count). The molecule has 0 spiro atoms. The molecule has 0 heterocycles. The molecule has 0 saturated heterocycles. The fraction of sp³-hybridized carbons (Fsp3) is 0.833. The zero-order valence-electron chi connectivity index (χ0n) is 8.97. The Balaban J connectivity index is 3.03. The lowest BCUT2D eigenvalue weighted by Crippen LogP contribution is -1.81. The van der Waals surface area contributed by atoms with Gasteiger partial charge in [0.05, 0.1) is 0 Å². The second kappa shape index (κ2) is 8.83.